The van der Waals surface area contributed by atoms with Crippen LogP contribution in [0.4, 0.5) is 0 Å². The van der Waals surface area contributed by atoms with Crippen molar-refractivity contribution in [1.82, 2.24) is 31.5 Å². The highest BCUT2D eigenvalue weighted by Gasteiger charge is 2.30. The summed E-state index contributed by atoms with van der Waals surface area (Å²) in [7, 11) is 0. The van der Waals surface area contributed by atoms with Crippen molar-refractivity contribution in [1.29, 1.82) is 0 Å². The quantitative estimate of drug-likeness (QED) is 0.0535. The van der Waals surface area contributed by atoms with Crippen molar-refractivity contribution in [3.63, 3.8) is 0 Å². The van der Waals surface area contributed by atoms with E-state index in [0.717, 1.165) is 116 Å². The van der Waals surface area contributed by atoms with Crippen LogP contribution in [0.5, 0.6) is 0 Å². The van der Waals surface area contributed by atoms with Gasteiger partial charge in [-0.3, -0.25) is 4.79 Å². The van der Waals surface area contributed by atoms with Crippen molar-refractivity contribution in [2.75, 3.05) is 32.7 Å². The minimum Gasteiger partial charge on any atom is -0.382 e. The third kappa shape index (κ3) is 33.9. The molecule has 1 saturated heterocycles. The lowest BCUT2D eigenvalue weighted by Crippen LogP contribution is -2.46. The maximum Gasteiger partial charge on any atom is 0.148 e. The first-order valence-electron chi connectivity index (χ1n) is 28.1. The molecular weight excluding hydrogens is 905 g/mol. The lowest BCUT2D eigenvalue weighted by Gasteiger charge is -2.40. The normalized spacial score (nSPS) is 15.4. The molecule has 3 rings (SSSR count). The van der Waals surface area contributed by atoms with E-state index in [4.69, 9.17) is 0 Å². The zero-order valence-electron chi connectivity index (χ0n) is 50.1. The molecule has 1 aliphatic carbocycles. The Balaban J connectivity index is -0.00000259. The number of nitrogens with zero attached hydrogens (tertiary/aromatic N) is 1. The fraction of sp³-hybridized carbons (Fsp3) is 0.507. The van der Waals surface area contributed by atoms with E-state index >= 15 is 0 Å². The molecule has 1 fully saturated rings. The lowest BCUT2D eigenvalue weighted by molar-refractivity contribution is -0.116. The predicted molar refractivity (Wildman–Crippen MR) is 335 cm³/mol. The van der Waals surface area contributed by atoms with Crippen LogP contribution in [-0.2, 0) is 4.79 Å². The summed E-state index contributed by atoms with van der Waals surface area (Å²) in [5.74, 6) is 2.32. The van der Waals surface area contributed by atoms with Gasteiger partial charge in [0.1, 0.15) is 5.78 Å². The van der Waals surface area contributed by atoms with Crippen molar-refractivity contribution in [3.8, 4) is 0 Å². The Bertz CT molecular complexity index is 1930. The van der Waals surface area contributed by atoms with E-state index in [2.05, 4.69) is 181 Å². The molecule has 7 heteroatoms. The van der Waals surface area contributed by atoms with E-state index in [-0.39, 0.29) is 24.4 Å². The molecule has 3 unspecified atom stereocenters. The zero-order chi connectivity index (χ0) is 57.0. The number of hydrogen-bond acceptors (Lipinski definition) is 7. The number of ketones is 1. The maximum atomic E-state index is 11.3. The topological polar surface area (TPSA) is 80.5 Å². The third-order valence-electron chi connectivity index (χ3n) is 11.7. The minimum atomic E-state index is -0.0302. The SMILES string of the molecule is C=C(CNC(=C)C(=C)C(CCC)NC(=C)CNC(=C)C(NC(=C)CCC(C)C)C1CCN(C(=C)CCC2C/C=C\C=C/C(=C)c3ccccc32)CC1)NCC(C)=O.C=C/C=C\C=C/C.CC.CC.CC.CC(C)C. The molecule has 1 aromatic carbocycles. The molecular formula is C67H112N6O. The summed E-state index contributed by atoms with van der Waals surface area (Å²) >= 11 is 0. The number of hydrogen-bond donors (Lipinski definition) is 5. The molecule has 5 N–H and O–H groups in total. The fourth-order valence-electron chi connectivity index (χ4n) is 7.77. The van der Waals surface area contributed by atoms with Crippen molar-refractivity contribution >= 4 is 11.4 Å². The van der Waals surface area contributed by atoms with E-state index in [9.17, 15) is 4.79 Å². The summed E-state index contributed by atoms with van der Waals surface area (Å²) in [6, 6.07) is 8.75. The Morgan fingerprint density at radius 1 is 0.757 bits per heavy atom. The van der Waals surface area contributed by atoms with Gasteiger partial charge in [0.2, 0.25) is 0 Å². The van der Waals surface area contributed by atoms with Gasteiger partial charge in [-0.1, -0.05) is 228 Å². The van der Waals surface area contributed by atoms with Crippen molar-refractivity contribution in [2.45, 2.75) is 173 Å². The molecule has 0 spiro atoms. The Hall–Kier alpha value is -5.69. The maximum absolute atomic E-state index is 11.3. The smallest absolute Gasteiger partial charge is 0.148 e. The molecule has 0 aromatic heterocycles. The first-order chi connectivity index (χ1) is 35.3. The minimum absolute atomic E-state index is 0.0302. The summed E-state index contributed by atoms with van der Waals surface area (Å²) in [5.41, 5.74) is 10.1. The number of fused-ring (bicyclic) bond motifs is 1. The van der Waals surface area contributed by atoms with Gasteiger partial charge in [-0.2, -0.15) is 0 Å². The molecule has 1 aliphatic heterocycles. The first kappa shape index (κ1) is 72.6. The van der Waals surface area contributed by atoms with E-state index in [1.54, 1.807) is 13.0 Å². The molecule has 0 bridgehead atoms. The summed E-state index contributed by atoms with van der Waals surface area (Å²) in [4.78, 5) is 13.8. The third-order valence-corrected chi connectivity index (χ3v) is 11.7. The summed E-state index contributed by atoms with van der Waals surface area (Å²) in [6.07, 6.45) is 27.1. The summed E-state index contributed by atoms with van der Waals surface area (Å²) in [6.45, 7) is 70.3. The van der Waals surface area contributed by atoms with Crippen LogP contribution < -0.4 is 26.6 Å². The largest absolute Gasteiger partial charge is 0.382 e. The second kappa shape index (κ2) is 45.9. The van der Waals surface area contributed by atoms with Gasteiger partial charge in [0.05, 0.1) is 31.7 Å². The van der Waals surface area contributed by atoms with Crippen LogP contribution in [-0.4, -0.2) is 55.5 Å². The van der Waals surface area contributed by atoms with Gasteiger partial charge in [-0.05, 0) is 111 Å². The van der Waals surface area contributed by atoms with Gasteiger partial charge in [0.25, 0.3) is 0 Å². The second-order valence-corrected chi connectivity index (χ2v) is 19.3. The molecule has 0 radical (unpaired) electrons. The van der Waals surface area contributed by atoms with Crippen LogP contribution >= 0.6 is 0 Å². The molecule has 0 saturated carbocycles. The Morgan fingerprint density at radius 2 is 1.36 bits per heavy atom. The van der Waals surface area contributed by atoms with Gasteiger partial charge in [-0.25, -0.2) is 0 Å². The Labute approximate surface area is 457 Å². The Kier molecular flexibility index (Phi) is 45.0. The van der Waals surface area contributed by atoms with Gasteiger partial charge < -0.3 is 31.5 Å². The van der Waals surface area contributed by atoms with E-state index in [0.29, 0.717) is 30.8 Å². The van der Waals surface area contributed by atoms with Gasteiger partial charge in [-0.15, -0.1) is 0 Å². The fourth-order valence-corrected chi connectivity index (χ4v) is 7.77. The highest BCUT2D eigenvalue weighted by molar-refractivity contribution is 5.77. The van der Waals surface area contributed by atoms with Crippen LogP contribution in [0.15, 0.2) is 178 Å². The monoisotopic (exact) mass is 1020 g/mol. The lowest BCUT2D eigenvalue weighted by atomic mass is 9.85. The van der Waals surface area contributed by atoms with E-state index in [1.165, 1.54) is 16.8 Å². The molecule has 7 nitrogen and oxygen atoms in total. The summed E-state index contributed by atoms with van der Waals surface area (Å²) < 4.78 is 0. The van der Waals surface area contributed by atoms with Crippen molar-refractivity contribution in [3.05, 3.63) is 189 Å². The molecule has 0 amide bonds. The molecule has 3 atom stereocenters. The highest BCUT2D eigenvalue weighted by Crippen LogP contribution is 2.35. The molecule has 1 heterocycles. The first-order valence-corrected chi connectivity index (χ1v) is 28.1. The molecule has 74 heavy (non-hydrogen) atoms. The Morgan fingerprint density at radius 3 is 1.93 bits per heavy atom. The van der Waals surface area contributed by atoms with E-state index < -0.39 is 0 Å². The average Bonchev–Trinajstić information content (AvgIpc) is 3.47. The van der Waals surface area contributed by atoms with E-state index in [1.807, 2.05) is 72.8 Å². The van der Waals surface area contributed by atoms with Crippen LogP contribution in [0.1, 0.15) is 172 Å². The number of Topliss-reactive ketones (excluding diaryl/α,β-unsaturated/α-hetero) is 1. The molecule has 2 aliphatic rings. The summed E-state index contributed by atoms with van der Waals surface area (Å²) in [5, 5.41) is 17.4. The number of piperidine rings is 1. The number of carbonyl (C=O) groups is 1. The number of likely N-dealkylation sites (tertiary alicyclic amines) is 1. The van der Waals surface area contributed by atoms with Gasteiger partial charge >= 0.3 is 0 Å². The number of nitrogens with one attached hydrogen (secondary N) is 5. The van der Waals surface area contributed by atoms with Crippen LogP contribution in [0.3, 0.4) is 0 Å². The average molecular weight is 1020 g/mol. The predicted octanol–water partition coefficient (Wildman–Crippen LogP) is 17.0. The van der Waals surface area contributed by atoms with Gasteiger partial charge in [0.15, 0.2) is 0 Å². The molecule has 416 valence electrons. The zero-order valence-corrected chi connectivity index (χ0v) is 50.1. The second-order valence-electron chi connectivity index (χ2n) is 19.3. The van der Waals surface area contributed by atoms with Crippen molar-refractivity contribution < 1.29 is 4.79 Å². The standard InChI is InChI=1S/C50H74N6O.C7H10.C4H10.3C2H6/c1-13-19-49(42(10)43(11)52-32-38(6)51-34-41(9)57)54-39(7)33-53-44(12)50(55-37(5)25-24-35(2)3)46-28-30-56(31-29-46)40(8)26-27-45-21-16-14-15-20-36(4)47-22-17-18-23-48(45)47;1-3-5-7-6-4-2;1-4(2)3;3*1-2/h14-18,20,22-23,35,45-46,49-55H,4-8,10-13,19,21,24-34H2,1-3,9H3;3-7H,1H2,2H3;4H,1-3H3;3*1-2H3/b16-14-,20-15-;6-4-,7-5-;;;;. The highest BCUT2D eigenvalue weighted by atomic mass is 16.1. The van der Waals surface area contributed by atoms with Crippen LogP contribution in [0.2, 0.25) is 0 Å². The number of benzene rings is 1. The number of allylic oxidation sites excluding steroid dienone is 12. The van der Waals surface area contributed by atoms with Crippen LogP contribution in [0, 0.1) is 17.8 Å². The molecule has 1 aromatic rings. The number of carbonyl (C=O) groups excluding carboxylic acids is 1. The van der Waals surface area contributed by atoms with Crippen molar-refractivity contribution in [2.24, 2.45) is 17.8 Å². The number of rotatable bonds is 28. The van der Waals surface area contributed by atoms with Crippen LogP contribution in [0.25, 0.3) is 5.57 Å². The van der Waals surface area contributed by atoms with Gasteiger partial charge in [0, 0.05) is 47.3 Å².